The predicted molar refractivity (Wildman–Crippen MR) is 90.9 cm³/mol. The third-order valence-corrected chi connectivity index (χ3v) is 4.07. The number of nitrogens with two attached hydrogens (primary N) is 1. The molecule has 0 aliphatic rings. The van der Waals surface area contributed by atoms with Crippen LogP contribution in [-0.2, 0) is 16.1 Å². The molecular formula is C15H18Cl2N4O2. The Bertz CT molecular complexity index is 651. The molecule has 1 aromatic carbocycles. The molecule has 3 N–H and O–H groups in total. The molecule has 1 atom stereocenters. The van der Waals surface area contributed by atoms with Crippen molar-refractivity contribution in [2.45, 2.75) is 19.1 Å². The first-order chi connectivity index (χ1) is 11.0. The maximum atomic E-state index is 12.0. The van der Waals surface area contributed by atoms with Crippen LogP contribution in [0.5, 0.6) is 0 Å². The highest BCUT2D eigenvalue weighted by atomic mass is 35.5. The van der Waals surface area contributed by atoms with Crippen LogP contribution in [0, 0.1) is 0 Å². The maximum Gasteiger partial charge on any atom is 0.228 e. The summed E-state index contributed by atoms with van der Waals surface area (Å²) in [7, 11) is 1.52. The normalized spacial score (nSPS) is 12.2. The lowest BCUT2D eigenvalue weighted by atomic mass is 10.2. The van der Waals surface area contributed by atoms with Gasteiger partial charge in [0.05, 0.1) is 25.3 Å². The van der Waals surface area contributed by atoms with Crippen LogP contribution in [0.2, 0.25) is 10.0 Å². The summed E-state index contributed by atoms with van der Waals surface area (Å²) in [5.74, 6) is 0.354. The molecule has 8 heteroatoms. The van der Waals surface area contributed by atoms with E-state index < -0.39 is 0 Å². The molecule has 0 aliphatic heterocycles. The first-order valence-electron chi connectivity index (χ1n) is 7.02. The Morgan fingerprint density at radius 1 is 1.39 bits per heavy atom. The second kappa shape index (κ2) is 8.31. The largest absolute Gasteiger partial charge is 0.380 e. The van der Waals surface area contributed by atoms with Gasteiger partial charge in [0.15, 0.2) is 0 Å². The zero-order valence-electron chi connectivity index (χ0n) is 12.6. The molecule has 0 saturated carbocycles. The van der Waals surface area contributed by atoms with Gasteiger partial charge < -0.3 is 15.8 Å². The molecule has 0 aliphatic carbocycles. The number of carbonyl (C=O) groups is 1. The summed E-state index contributed by atoms with van der Waals surface area (Å²) >= 11 is 12.3. The van der Waals surface area contributed by atoms with Gasteiger partial charge >= 0.3 is 0 Å². The second-order valence-corrected chi connectivity index (χ2v) is 5.73. The molecule has 1 heterocycles. The number of aromatic nitrogens is 2. The van der Waals surface area contributed by atoms with Gasteiger partial charge in [-0.2, -0.15) is 5.10 Å². The molecule has 1 amide bonds. The summed E-state index contributed by atoms with van der Waals surface area (Å²) in [6.45, 7) is 0.629. The number of amides is 1. The fourth-order valence-electron chi connectivity index (χ4n) is 2.06. The minimum Gasteiger partial charge on any atom is -0.380 e. The van der Waals surface area contributed by atoms with Crippen LogP contribution in [-0.4, -0.2) is 35.4 Å². The Labute approximate surface area is 144 Å². The number of benzene rings is 1. The smallest absolute Gasteiger partial charge is 0.228 e. The maximum absolute atomic E-state index is 12.0. The fourth-order valence-corrected chi connectivity index (χ4v) is 2.58. The topological polar surface area (TPSA) is 82.2 Å². The number of carbonyl (C=O) groups excluding carboxylic acids is 1. The lowest BCUT2D eigenvalue weighted by Gasteiger charge is -2.14. The SMILES string of the molecule is COC(CN)CC(=O)Nc1ccnn1Cc1c(Cl)cccc1Cl. The Kier molecular flexibility index (Phi) is 6.41. The van der Waals surface area contributed by atoms with Crippen LogP contribution in [0.4, 0.5) is 5.82 Å². The zero-order valence-corrected chi connectivity index (χ0v) is 14.1. The van der Waals surface area contributed by atoms with Gasteiger partial charge in [-0.25, -0.2) is 4.68 Å². The predicted octanol–water partition coefficient (Wildman–Crippen LogP) is 2.54. The van der Waals surface area contributed by atoms with Crippen LogP contribution < -0.4 is 11.1 Å². The number of hydrogen-bond acceptors (Lipinski definition) is 4. The molecule has 0 radical (unpaired) electrons. The Morgan fingerprint density at radius 2 is 2.09 bits per heavy atom. The monoisotopic (exact) mass is 356 g/mol. The van der Waals surface area contributed by atoms with Crippen LogP contribution in [0.1, 0.15) is 12.0 Å². The molecule has 2 rings (SSSR count). The highest BCUT2D eigenvalue weighted by Gasteiger charge is 2.14. The van der Waals surface area contributed by atoms with Gasteiger partial charge in [0.2, 0.25) is 5.91 Å². The van der Waals surface area contributed by atoms with Crippen molar-refractivity contribution in [3.05, 3.63) is 46.1 Å². The molecule has 1 aromatic heterocycles. The van der Waals surface area contributed by atoms with Gasteiger partial charge in [-0.1, -0.05) is 29.3 Å². The van der Waals surface area contributed by atoms with Gasteiger partial charge in [0.25, 0.3) is 0 Å². The van der Waals surface area contributed by atoms with Crippen molar-refractivity contribution in [1.29, 1.82) is 0 Å². The summed E-state index contributed by atoms with van der Waals surface area (Å²) in [6.07, 6.45) is 1.45. The molecule has 0 bridgehead atoms. The van der Waals surface area contributed by atoms with E-state index in [2.05, 4.69) is 10.4 Å². The number of methoxy groups -OCH3 is 1. The summed E-state index contributed by atoms with van der Waals surface area (Å²) in [4.78, 5) is 12.0. The van der Waals surface area contributed by atoms with Crippen molar-refractivity contribution < 1.29 is 9.53 Å². The molecule has 0 fully saturated rings. The molecule has 23 heavy (non-hydrogen) atoms. The van der Waals surface area contributed by atoms with E-state index in [-0.39, 0.29) is 25.0 Å². The molecule has 2 aromatic rings. The number of nitrogens with zero attached hydrogens (tertiary/aromatic N) is 2. The first-order valence-corrected chi connectivity index (χ1v) is 7.78. The van der Waals surface area contributed by atoms with Crippen molar-refractivity contribution in [1.82, 2.24) is 9.78 Å². The quantitative estimate of drug-likeness (QED) is 0.798. The molecule has 0 saturated heterocycles. The van der Waals surface area contributed by atoms with Crippen LogP contribution >= 0.6 is 23.2 Å². The van der Waals surface area contributed by atoms with Gasteiger partial charge in [0, 0.05) is 35.3 Å². The zero-order chi connectivity index (χ0) is 16.8. The Balaban J connectivity index is 2.09. The van der Waals surface area contributed by atoms with Crippen molar-refractivity contribution in [2.24, 2.45) is 5.73 Å². The standard InChI is InChI=1S/C15H18Cl2N4O2/c1-23-10(8-18)7-15(22)20-14-5-6-19-21(14)9-11-12(16)3-2-4-13(11)17/h2-6,10H,7-9,18H2,1H3,(H,20,22). The summed E-state index contributed by atoms with van der Waals surface area (Å²) in [5.41, 5.74) is 6.26. The van der Waals surface area contributed by atoms with Crippen molar-refractivity contribution in [2.75, 3.05) is 19.0 Å². The van der Waals surface area contributed by atoms with E-state index in [4.69, 9.17) is 33.7 Å². The third-order valence-electron chi connectivity index (χ3n) is 3.36. The number of hydrogen-bond donors (Lipinski definition) is 2. The van der Waals surface area contributed by atoms with Crippen molar-refractivity contribution >= 4 is 34.9 Å². The van der Waals surface area contributed by atoms with Crippen molar-refractivity contribution in [3.8, 4) is 0 Å². The highest BCUT2D eigenvalue weighted by molar-refractivity contribution is 6.35. The minimum absolute atomic E-state index is 0.172. The number of nitrogens with one attached hydrogen (secondary N) is 1. The molecule has 0 spiro atoms. The van der Waals surface area contributed by atoms with E-state index in [1.807, 2.05) is 0 Å². The number of rotatable bonds is 7. The summed E-state index contributed by atoms with van der Waals surface area (Å²) < 4.78 is 6.72. The summed E-state index contributed by atoms with van der Waals surface area (Å²) in [6, 6.07) is 6.99. The van der Waals surface area contributed by atoms with Gasteiger partial charge in [-0.15, -0.1) is 0 Å². The molecule has 6 nitrogen and oxygen atoms in total. The Hall–Kier alpha value is -1.60. The highest BCUT2D eigenvalue weighted by Crippen LogP contribution is 2.26. The van der Waals surface area contributed by atoms with E-state index >= 15 is 0 Å². The number of anilines is 1. The van der Waals surface area contributed by atoms with Gasteiger partial charge in [-0.05, 0) is 12.1 Å². The average molecular weight is 357 g/mol. The van der Waals surface area contributed by atoms with Gasteiger partial charge in [-0.3, -0.25) is 4.79 Å². The third kappa shape index (κ3) is 4.68. The van der Waals surface area contributed by atoms with Crippen LogP contribution in [0.25, 0.3) is 0 Å². The van der Waals surface area contributed by atoms with Crippen molar-refractivity contribution in [3.63, 3.8) is 0 Å². The van der Waals surface area contributed by atoms with Crippen LogP contribution in [0.3, 0.4) is 0 Å². The van der Waals surface area contributed by atoms with E-state index in [0.717, 1.165) is 5.56 Å². The van der Waals surface area contributed by atoms with E-state index in [1.165, 1.54) is 7.11 Å². The molecule has 1 unspecified atom stereocenters. The number of ether oxygens (including phenoxy) is 1. The molecular weight excluding hydrogens is 339 g/mol. The Morgan fingerprint density at radius 3 is 2.70 bits per heavy atom. The average Bonchev–Trinajstić information content (AvgIpc) is 2.95. The summed E-state index contributed by atoms with van der Waals surface area (Å²) in [5, 5.41) is 8.08. The van der Waals surface area contributed by atoms with Crippen LogP contribution in [0.15, 0.2) is 30.5 Å². The fraction of sp³-hybridized carbons (Fsp3) is 0.333. The first kappa shape index (κ1) is 17.7. The van der Waals surface area contributed by atoms with E-state index in [1.54, 1.807) is 35.1 Å². The lowest BCUT2D eigenvalue weighted by molar-refractivity contribution is -0.118. The number of halogens is 2. The lowest BCUT2D eigenvalue weighted by Crippen LogP contribution is -2.28. The molecule has 124 valence electrons. The second-order valence-electron chi connectivity index (χ2n) is 4.92. The van der Waals surface area contributed by atoms with E-state index in [9.17, 15) is 4.79 Å². The van der Waals surface area contributed by atoms with Gasteiger partial charge in [0.1, 0.15) is 5.82 Å². The minimum atomic E-state index is -0.315. The van der Waals surface area contributed by atoms with E-state index in [0.29, 0.717) is 22.4 Å².